The summed E-state index contributed by atoms with van der Waals surface area (Å²) in [6.07, 6.45) is -4.41. The maximum absolute atomic E-state index is 13.2. The Kier molecular flexibility index (Phi) is 6.95. The zero-order valence-corrected chi connectivity index (χ0v) is 21.0. The van der Waals surface area contributed by atoms with Crippen LogP contribution in [0.15, 0.2) is 60.7 Å². The lowest BCUT2D eigenvalue weighted by Crippen LogP contribution is -2.47. The summed E-state index contributed by atoms with van der Waals surface area (Å²) in [4.78, 5) is 13.1. The highest BCUT2D eigenvalue weighted by molar-refractivity contribution is 5.98. The second kappa shape index (κ2) is 10.5. The Balaban J connectivity index is 1.53. The number of hydrogen-bond acceptors (Lipinski definition) is 7. The molecule has 0 spiro atoms. The standard InChI is InChI=1S/C29H23F3N6O/c1-2-39-28-24(18-34)25(19-7-4-3-5-8-19)23-15-20(17-33)27(35-26(23)36-28)38-13-11-37(12-14-38)22-10-6-9-21(16-22)29(30,31)32/h3-10,15-16H,2,11-14H2,1H3. The first-order valence-electron chi connectivity index (χ1n) is 12.4. The van der Waals surface area contributed by atoms with Crippen LogP contribution in [0.2, 0.25) is 0 Å². The molecule has 0 aliphatic carbocycles. The number of benzene rings is 2. The molecule has 0 bridgehead atoms. The van der Waals surface area contributed by atoms with Crippen molar-refractivity contribution in [1.82, 2.24) is 9.97 Å². The van der Waals surface area contributed by atoms with Gasteiger partial charge in [-0.3, -0.25) is 0 Å². The molecule has 1 aliphatic rings. The van der Waals surface area contributed by atoms with E-state index in [-0.39, 0.29) is 11.4 Å². The summed E-state index contributed by atoms with van der Waals surface area (Å²) in [6.45, 7) is 3.91. The largest absolute Gasteiger partial charge is 0.477 e. The fraction of sp³-hybridized carbons (Fsp3) is 0.241. The van der Waals surface area contributed by atoms with E-state index in [9.17, 15) is 23.7 Å². The lowest BCUT2D eigenvalue weighted by atomic mass is 9.97. The van der Waals surface area contributed by atoms with Gasteiger partial charge in [-0.2, -0.15) is 28.7 Å². The lowest BCUT2D eigenvalue weighted by Gasteiger charge is -2.37. The monoisotopic (exact) mass is 528 g/mol. The maximum atomic E-state index is 13.2. The minimum Gasteiger partial charge on any atom is -0.477 e. The lowest BCUT2D eigenvalue weighted by molar-refractivity contribution is -0.137. The number of pyridine rings is 2. The maximum Gasteiger partial charge on any atom is 0.416 e. The molecule has 1 fully saturated rings. The van der Waals surface area contributed by atoms with Crippen molar-refractivity contribution >= 4 is 22.5 Å². The van der Waals surface area contributed by atoms with E-state index in [1.165, 1.54) is 6.07 Å². The number of fused-ring (bicyclic) bond motifs is 1. The molecule has 5 rings (SSSR count). The average Bonchev–Trinajstić information content (AvgIpc) is 2.96. The SMILES string of the molecule is CCOc1nc2nc(N3CCN(c4cccc(C(F)(F)F)c4)CC3)c(C#N)cc2c(-c2ccccc2)c1C#N. The molecule has 0 radical (unpaired) electrons. The van der Waals surface area contributed by atoms with Crippen LogP contribution in [-0.2, 0) is 6.18 Å². The molecule has 0 amide bonds. The first-order valence-corrected chi connectivity index (χ1v) is 12.4. The van der Waals surface area contributed by atoms with E-state index in [1.807, 2.05) is 40.1 Å². The third kappa shape index (κ3) is 5.01. The Morgan fingerprint density at radius 3 is 2.26 bits per heavy atom. The molecule has 0 N–H and O–H groups in total. The van der Waals surface area contributed by atoms with Gasteiger partial charge in [0.1, 0.15) is 23.5 Å². The Bertz CT molecular complexity index is 1600. The van der Waals surface area contributed by atoms with Crippen molar-refractivity contribution in [2.75, 3.05) is 42.6 Å². The van der Waals surface area contributed by atoms with Crippen molar-refractivity contribution in [3.63, 3.8) is 0 Å². The van der Waals surface area contributed by atoms with Crippen molar-refractivity contribution in [2.24, 2.45) is 0 Å². The van der Waals surface area contributed by atoms with Gasteiger partial charge >= 0.3 is 6.18 Å². The Labute approximate surface area is 223 Å². The van der Waals surface area contributed by atoms with Crippen LogP contribution in [0.3, 0.4) is 0 Å². The highest BCUT2D eigenvalue weighted by Gasteiger charge is 2.31. The van der Waals surface area contributed by atoms with E-state index in [0.29, 0.717) is 66.5 Å². The molecule has 2 aromatic heterocycles. The predicted octanol–water partition coefficient (Wildman–Crippen LogP) is 5.78. The molecule has 4 aromatic rings. The molecule has 1 aliphatic heterocycles. The van der Waals surface area contributed by atoms with Crippen molar-refractivity contribution in [1.29, 1.82) is 10.5 Å². The summed E-state index contributed by atoms with van der Waals surface area (Å²) < 4.78 is 45.3. The van der Waals surface area contributed by atoms with Gasteiger partial charge in [-0.05, 0) is 36.8 Å². The minimum atomic E-state index is -4.41. The Hall–Kier alpha value is -4.83. The summed E-state index contributed by atoms with van der Waals surface area (Å²) in [5, 5.41) is 20.6. The summed E-state index contributed by atoms with van der Waals surface area (Å²) in [5.74, 6) is 0.608. The summed E-state index contributed by atoms with van der Waals surface area (Å²) in [6, 6.07) is 20.8. The van der Waals surface area contributed by atoms with Crippen LogP contribution in [0.4, 0.5) is 24.7 Å². The number of piperazine rings is 1. The summed E-state index contributed by atoms with van der Waals surface area (Å²) >= 11 is 0. The van der Waals surface area contributed by atoms with Gasteiger partial charge in [0.2, 0.25) is 5.88 Å². The number of alkyl halides is 3. The van der Waals surface area contributed by atoms with E-state index in [1.54, 1.807) is 19.1 Å². The van der Waals surface area contributed by atoms with Gasteiger partial charge in [-0.1, -0.05) is 36.4 Å². The third-order valence-electron chi connectivity index (χ3n) is 6.62. The summed E-state index contributed by atoms with van der Waals surface area (Å²) in [7, 11) is 0. The quantitative estimate of drug-likeness (QED) is 0.324. The molecule has 7 nitrogen and oxygen atoms in total. The number of nitrogens with zero attached hydrogens (tertiary/aromatic N) is 6. The Morgan fingerprint density at radius 2 is 1.62 bits per heavy atom. The second-order valence-corrected chi connectivity index (χ2v) is 8.94. The highest BCUT2D eigenvalue weighted by Crippen LogP contribution is 2.38. The summed E-state index contributed by atoms with van der Waals surface area (Å²) in [5.41, 5.74) is 2.10. The van der Waals surface area contributed by atoms with Gasteiger partial charge in [0.05, 0.1) is 17.7 Å². The molecular weight excluding hydrogens is 505 g/mol. The zero-order chi connectivity index (χ0) is 27.6. The highest BCUT2D eigenvalue weighted by atomic mass is 19.4. The number of rotatable bonds is 5. The van der Waals surface area contributed by atoms with Gasteiger partial charge in [0.25, 0.3) is 0 Å². The third-order valence-corrected chi connectivity index (χ3v) is 6.62. The van der Waals surface area contributed by atoms with Crippen LogP contribution in [0, 0.1) is 22.7 Å². The number of nitriles is 2. The van der Waals surface area contributed by atoms with Crippen molar-refractivity contribution < 1.29 is 17.9 Å². The van der Waals surface area contributed by atoms with Crippen molar-refractivity contribution in [3.05, 3.63) is 77.4 Å². The van der Waals surface area contributed by atoms with Gasteiger partial charge in [-0.15, -0.1) is 0 Å². The van der Waals surface area contributed by atoms with Crippen LogP contribution in [0.5, 0.6) is 5.88 Å². The topological polar surface area (TPSA) is 89.1 Å². The van der Waals surface area contributed by atoms with Gasteiger partial charge in [-0.25, -0.2) is 4.98 Å². The molecule has 0 atom stereocenters. The molecule has 3 heterocycles. The normalized spacial score (nSPS) is 13.7. The number of anilines is 2. The smallest absolute Gasteiger partial charge is 0.416 e. The number of halogens is 3. The molecule has 0 unspecified atom stereocenters. The first kappa shape index (κ1) is 25.8. The van der Waals surface area contributed by atoms with Gasteiger partial charge < -0.3 is 14.5 Å². The van der Waals surface area contributed by atoms with Crippen LogP contribution in [0.1, 0.15) is 23.6 Å². The van der Waals surface area contributed by atoms with E-state index in [4.69, 9.17) is 9.72 Å². The predicted molar refractivity (Wildman–Crippen MR) is 141 cm³/mol. The Morgan fingerprint density at radius 1 is 0.897 bits per heavy atom. The van der Waals surface area contributed by atoms with Gasteiger partial charge in [0.15, 0.2) is 5.65 Å². The van der Waals surface area contributed by atoms with Crippen LogP contribution in [-0.4, -0.2) is 42.8 Å². The van der Waals surface area contributed by atoms with E-state index >= 15 is 0 Å². The molecule has 39 heavy (non-hydrogen) atoms. The number of ether oxygens (including phenoxy) is 1. The number of aromatic nitrogens is 2. The van der Waals surface area contributed by atoms with Crippen LogP contribution >= 0.6 is 0 Å². The van der Waals surface area contributed by atoms with Crippen molar-refractivity contribution in [3.8, 4) is 29.1 Å². The van der Waals surface area contributed by atoms with Gasteiger partial charge in [0, 0.05) is 42.8 Å². The van der Waals surface area contributed by atoms with Crippen LogP contribution < -0.4 is 14.5 Å². The van der Waals surface area contributed by atoms with Crippen molar-refractivity contribution in [2.45, 2.75) is 13.1 Å². The average molecular weight is 529 g/mol. The second-order valence-electron chi connectivity index (χ2n) is 8.94. The molecule has 2 aromatic carbocycles. The van der Waals surface area contributed by atoms with E-state index in [2.05, 4.69) is 17.1 Å². The zero-order valence-electron chi connectivity index (χ0n) is 21.0. The van der Waals surface area contributed by atoms with E-state index in [0.717, 1.165) is 17.7 Å². The minimum absolute atomic E-state index is 0.170. The molecule has 1 saturated heterocycles. The molecular formula is C29H23F3N6O. The fourth-order valence-electron chi connectivity index (χ4n) is 4.79. The molecule has 0 saturated carbocycles. The molecule has 10 heteroatoms. The molecule has 196 valence electrons. The number of hydrogen-bond donors (Lipinski definition) is 0. The first-order chi connectivity index (χ1) is 18.8. The fourth-order valence-corrected chi connectivity index (χ4v) is 4.79. The van der Waals surface area contributed by atoms with E-state index < -0.39 is 11.7 Å². The van der Waals surface area contributed by atoms with Crippen LogP contribution in [0.25, 0.3) is 22.2 Å².